The van der Waals surface area contributed by atoms with Gasteiger partial charge in [0.1, 0.15) is 6.10 Å². The molecule has 31 heavy (non-hydrogen) atoms. The van der Waals surface area contributed by atoms with E-state index in [-0.39, 0.29) is 36.7 Å². The lowest BCUT2D eigenvalue weighted by Gasteiger charge is -2.54. The van der Waals surface area contributed by atoms with Crippen LogP contribution in [0.1, 0.15) is 78.6 Å². The summed E-state index contributed by atoms with van der Waals surface area (Å²) in [7, 11) is 0. The highest BCUT2D eigenvalue weighted by Crippen LogP contribution is 2.56. The third-order valence-electron chi connectivity index (χ3n) is 9.77. The average molecular weight is 433 g/mol. The van der Waals surface area contributed by atoms with E-state index in [1.807, 2.05) is 20.8 Å². The summed E-state index contributed by atoms with van der Waals surface area (Å²) in [5, 5.41) is 0. The summed E-state index contributed by atoms with van der Waals surface area (Å²) >= 11 is 0. The van der Waals surface area contributed by atoms with E-state index in [9.17, 15) is 9.59 Å². The van der Waals surface area contributed by atoms with Gasteiger partial charge in [0.25, 0.3) is 0 Å². The second-order valence-corrected chi connectivity index (χ2v) is 12.1. The zero-order valence-corrected chi connectivity index (χ0v) is 19.5. The van der Waals surface area contributed by atoms with Gasteiger partial charge in [-0.25, -0.2) is 0 Å². The number of carbonyl (C=O) groups excluding carboxylic acids is 2. The standard InChI is InChI=1S/C26H40O5/c1-4-26(2,3)25(28)31-23-12-17-10-20(23)21(11-17)24(27)30-14-29-13-22-18-6-15-5-16(8-18)9-19(22)7-15/h15-23H,4-14H2,1-3H3. The number of hydrogen-bond acceptors (Lipinski definition) is 5. The van der Waals surface area contributed by atoms with Crippen molar-refractivity contribution in [3.8, 4) is 0 Å². The predicted octanol–water partition coefficient (Wildman–Crippen LogP) is 4.97. The van der Waals surface area contributed by atoms with Crippen LogP contribution < -0.4 is 0 Å². The van der Waals surface area contributed by atoms with Crippen molar-refractivity contribution in [3.05, 3.63) is 0 Å². The zero-order valence-electron chi connectivity index (χ0n) is 19.5. The van der Waals surface area contributed by atoms with Crippen molar-refractivity contribution in [1.29, 1.82) is 0 Å². The molecule has 0 aromatic rings. The number of hydrogen-bond donors (Lipinski definition) is 0. The Morgan fingerprint density at radius 2 is 1.52 bits per heavy atom. The molecule has 0 heterocycles. The van der Waals surface area contributed by atoms with Gasteiger partial charge in [-0.05, 0) is 107 Å². The van der Waals surface area contributed by atoms with Crippen molar-refractivity contribution in [1.82, 2.24) is 0 Å². The Kier molecular flexibility index (Phi) is 5.85. The predicted molar refractivity (Wildman–Crippen MR) is 116 cm³/mol. The van der Waals surface area contributed by atoms with E-state index in [1.165, 1.54) is 32.1 Å². The Bertz CT molecular complexity index is 672. The molecular formula is C26H40O5. The van der Waals surface area contributed by atoms with Crippen LogP contribution in [0.25, 0.3) is 0 Å². The van der Waals surface area contributed by atoms with Crippen molar-refractivity contribution in [2.45, 2.75) is 84.7 Å². The van der Waals surface area contributed by atoms with E-state index in [4.69, 9.17) is 14.2 Å². The lowest BCUT2D eigenvalue weighted by Crippen LogP contribution is -2.46. The monoisotopic (exact) mass is 432 g/mol. The summed E-state index contributed by atoms with van der Waals surface area (Å²) in [5.74, 6) is 4.41. The van der Waals surface area contributed by atoms with E-state index in [2.05, 4.69) is 0 Å². The number of rotatable bonds is 8. The Labute approximate surface area is 186 Å². The lowest BCUT2D eigenvalue weighted by atomic mass is 9.52. The minimum Gasteiger partial charge on any atom is -0.462 e. The Morgan fingerprint density at radius 1 is 0.871 bits per heavy atom. The number of carbonyl (C=O) groups is 2. The third kappa shape index (κ3) is 4.16. The summed E-state index contributed by atoms with van der Waals surface area (Å²) < 4.78 is 17.3. The summed E-state index contributed by atoms with van der Waals surface area (Å²) in [5.41, 5.74) is -0.469. The topological polar surface area (TPSA) is 61.8 Å². The van der Waals surface area contributed by atoms with Gasteiger partial charge in [0.05, 0.1) is 17.9 Å². The quantitative estimate of drug-likeness (QED) is 0.308. The van der Waals surface area contributed by atoms with Crippen molar-refractivity contribution in [3.63, 3.8) is 0 Å². The van der Waals surface area contributed by atoms with E-state index >= 15 is 0 Å². The second-order valence-electron chi connectivity index (χ2n) is 12.1. The highest BCUT2D eigenvalue weighted by Gasteiger charge is 2.52. The molecule has 5 nitrogen and oxygen atoms in total. The molecule has 6 bridgehead atoms. The Hall–Kier alpha value is -1.10. The van der Waals surface area contributed by atoms with Crippen LogP contribution in [0.5, 0.6) is 0 Å². The maximum absolute atomic E-state index is 12.8. The maximum Gasteiger partial charge on any atom is 0.311 e. The third-order valence-corrected chi connectivity index (χ3v) is 9.77. The molecule has 6 aliphatic carbocycles. The van der Waals surface area contributed by atoms with Gasteiger partial charge in [0, 0.05) is 5.92 Å². The van der Waals surface area contributed by atoms with Crippen molar-refractivity contribution >= 4 is 11.9 Å². The molecule has 0 saturated heterocycles. The van der Waals surface area contributed by atoms with Crippen LogP contribution in [0, 0.1) is 52.8 Å². The SMILES string of the molecule is CCC(C)(C)C(=O)OC1CC2CC(C(=O)OCOCC3C4CC5CC(C4)CC3C5)C1C2. The van der Waals surface area contributed by atoms with Crippen molar-refractivity contribution in [2.75, 3.05) is 13.4 Å². The summed E-state index contributed by atoms with van der Waals surface area (Å²) in [6.07, 6.45) is 10.4. The molecule has 6 rings (SSSR count). The molecule has 0 aromatic carbocycles. The van der Waals surface area contributed by atoms with Gasteiger partial charge in [-0.1, -0.05) is 6.92 Å². The van der Waals surface area contributed by atoms with Gasteiger partial charge in [0.2, 0.25) is 0 Å². The van der Waals surface area contributed by atoms with E-state index in [0.717, 1.165) is 56.0 Å². The zero-order chi connectivity index (χ0) is 21.8. The van der Waals surface area contributed by atoms with Crippen LogP contribution in [0.3, 0.4) is 0 Å². The molecule has 6 saturated carbocycles. The average Bonchev–Trinajstić information content (AvgIpc) is 3.32. The molecule has 6 aliphatic rings. The van der Waals surface area contributed by atoms with Crippen LogP contribution in [0.15, 0.2) is 0 Å². The largest absolute Gasteiger partial charge is 0.462 e. The smallest absolute Gasteiger partial charge is 0.311 e. The molecule has 174 valence electrons. The fourth-order valence-corrected chi connectivity index (χ4v) is 7.83. The van der Waals surface area contributed by atoms with E-state index in [0.29, 0.717) is 11.8 Å². The van der Waals surface area contributed by atoms with Crippen LogP contribution in [0.4, 0.5) is 0 Å². The molecular weight excluding hydrogens is 392 g/mol. The molecule has 6 fully saturated rings. The molecule has 5 heteroatoms. The maximum atomic E-state index is 12.8. The molecule has 0 amide bonds. The normalized spacial score (nSPS) is 42.7. The van der Waals surface area contributed by atoms with Crippen LogP contribution >= 0.6 is 0 Å². The molecule has 0 radical (unpaired) electrons. The van der Waals surface area contributed by atoms with Gasteiger partial charge < -0.3 is 14.2 Å². The summed E-state index contributed by atoms with van der Waals surface area (Å²) in [6, 6.07) is 0. The fourth-order valence-electron chi connectivity index (χ4n) is 7.83. The van der Waals surface area contributed by atoms with E-state index in [1.54, 1.807) is 0 Å². The van der Waals surface area contributed by atoms with E-state index < -0.39 is 5.41 Å². The van der Waals surface area contributed by atoms with Crippen LogP contribution in [-0.2, 0) is 23.8 Å². The van der Waals surface area contributed by atoms with Crippen LogP contribution in [0.2, 0.25) is 0 Å². The first-order valence-electron chi connectivity index (χ1n) is 12.8. The second kappa shape index (κ2) is 8.35. The van der Waals surface area contributed by atoms with Gasteiger partial charge in [-0.15, -0.1) is 0 Å². The highest BCUT2D eigenvalue weighted by molar-refractivity contribution is 5.76. The molecule has 0 spiro atoms. The van der Waals surface area contributed by atoms with Crippen LogP contribution in [-0.4, -0.2) is 31.4 Å². The minimum absolute atomic E-state index is 0.0723. The summed E-state index contributed by atoms with van der Waals surface area (Å²) in [4.78, 5) is 25.3. The van der Waals surface area contributed by atoms with Gasteiger partial charge in [-0.2, -0.15) is 0 Å². The molecule has 0 N–H and O–H groups in total. The van der Waals surface area contributed by atoms with Gasteiger partial charge >= 0.3 is 11.9 Å². The number of fused-ring (bicyclic) bond motifs is 2. The van der Waals surface area contributed by atoms with Crippen molar-refractivity contribution < 1.29 is 23.8 Å². The molecule has 0 aliphatic heterocycles. The first kappa shape index (κ1) is 21.7. The fraction of sp³-hybridized carbons (Fsp3) is 0.923. The summed E-state index contributed by atoms with van der Waals surface area (Å²) in [6.45, 7) is 6.67. The van der Waals surface area contributed by atoms with Crippen molar-refractivity contribution in [2.24, 2.45) is 52.8 Å². The molecule has 4 atom stereocenters. The highest BCUT2D eigenvalue weighted by atomic mass is 16.7. The molecule has 4 unspecified atom stereocenters. The first-order chi connectivity index (χ1) is 14.8. The minimum atomic E-state index is -0.469. The number of ether oxygens (including phenoxy) is 3. The van der Waals surface area contributed by atoms with Gasteiger partial charge in [0.15, 0.2) is 6.79 Å². The lowest BCUT2D eigenvalue weighted by molar-refractivity contribution is -0.175. The van der Waals surface area contributed by atoms with Gasteiger partial charge in [-0.3, -0.25) is 9.59 Å². The number of esters is 2. The Balaban J connectivity index is 1.07. The molecule has 0 aromatic heterocycles. The Morgan fingerprint density at radius 3 is 2.13 bits per heavy atom. The first-order valence-corrected chi connectivity index (χ1v) is 12.8.